The first-order valence-corrected chi connectivity index (χ1v) is 7.96. The van der Waals surface area contributed by atoms with E-state index in [4.69, 9.17) is 0 Å². The summed E-state index contributed by atoms with van der Waals surface area (Å²) in [5, 5.41) is 3.66. The van der Waals surface area contributed by atoms with Crippen LogP contribution < -0.4 is 10.9 Å². The number of aromatic amines is 1. The van der Waals surface area contributed by atoms with Gasteiger partial charge in [0.2, 0.25) is 0 Å². The summed E-state index contributed by atoms with van der Waals surface area (Å²) in [5.74, 6) is -0.418. The minimum Gasteiger partial charge on any atom is -0.321 e. The Hall–Kier alpha value is -2.40. The van der Waals surface area contributed by atoms with Gasteiger partial charge in [0, 0.05) is 15.4 Å². The predicted molar refractivity (Wildman–Crippen MR) is 96.1 cm³/mol. The second kappa shape index (κ2) is 6.01. The zero-order valence-corrected chi connectivity index (χ0v) is 14.3. The molecular formula is C18H15BrN2O2. The Morgan fingerprint density at radius 2 is 1.87 bits per heavy atom. The van der Waals surface area contributed by atoms with Gasteiger partial charge in [0.15, 0.2) is 0 Å². The number of aryl methyl sites for hydroxylation is 2. The third kappa shape index (κ3) is 2.92. The smallest absolute Gasteiger partial charge is 0.261 e. The number of H-pyrrole nitrogens is 1. The van der Waals surface area contributed by atoms with E-state index in [2.05, 4.69) is 26.2 Å². The minimum absolute atomic E-state index is 0.135. The Labute approximate surface area is 141 Å². The number of aromatic nitrogens is 1. The van der Waals surface area contributed by atoms with E-state index in [0.29, 0.717) is 11.3 Å². The molecule has 3 aromatic rings. The van der Waals surface area contributed by atoms with Gasteiger partial charge in [-0.2, -0.15) is 0 Å². The lowest BCUT2D eigenvalue weighted by molar-refractivity contribution is 0.102. The molecule has 0 aliphatic heterocycles. The van der Waals surface area contributed by atoms with Crippen molar-refractivity contribution in [1.29, 1.82) is 0 Å². The van der Waals surface area contributed by atoms with Crippen LogP contribution >= 0.6 is 15.9 Å². The van der Waals surface area contributed by atoms with Crippen LogP contribution in [0, 0.1) is 13.8 Å². The van der Waals surface area contributed by atoms with Crippen LogP contribution in [0.5, 0.6) is 0 Å². The molecule has 1 heterocycles. The summed E-state index contributed by atoms with van der Waals surface area (Å²) in [5.41, 5.74) is 2.86. The summed E-state index contributed by atoms with van der Waals surface area (Å²) in [6.07, 6.45) is 0. The van der Waals surface area contributed by atoms with Crippen molar-refractivity contribution in [3.05, 3.63) is 74.0 Å². The van der Waals surface area contributed by atoms with Gasteiger partial charge in [0.05, 0.1) is 5.69 Å². The van der Waals surface area contributed by atoms with Gasteiger partial charge in [0.25, 0.3) is 11.5 Å². The second-order valence-corrected chi connectivity index (χ2v) is 6.29. The number of anilines is 1. The van der Waals surface area contributed by atoms with Gasteiger partial charge in [-0.25, -0.2) is 0 Å². The summed E-state index contributed by atoms with van der Waals surface area (Å²) in [4.78, 5) is 27.6. The van der Waals surface area contributed by atoms with E-state index in [0.717, 1.165) is 20.9 Å². The van der Waals surface area contributed by atoms with Gasteiger partial charge in [-0.3, -0.25) is 9.59 Å². The normalized spacial score (nSPS) is 10.7. The number of rotatable bonds is 2. The first-order chi connectivity index (χ1) is 11.0. The zero-order valence-electron chi connectivity index (χ0n) is 12.7. The molecule has 1 aromatic heterocycles. The number of benzene rings is 2. The molecule has 0 unspecified atom stereocenters. The number of para-hydroxylation sites is 1. The number of carbonyl (C=O) groups is 1. The summed E-state index contributed by atoms with van der Waals surface area (Å²) >= 11 is 3.42. The SMILES string of the molecule is Cc1ccc(NC(=O)c2c(C)c3ccccc3[nH]c2=O)c(Br)c1. The van der Waals surface area contributed by atoms with E-state index in [1.54, 1.807) is 6.92 Å². The first-order valence-electron chi connectivity index (χ1n) is 7.16. The Morgan fingerprint density at radius 3 is 2.61 bits per heavy atom. The monoisotopic (exact) mass is 370 g/mol. The number of nitrogens with one attached hydrogen (secondary N) is 2. The fraction of sp³-hybridized carbons (Fsp3) is 0.111. The summed E-state index contributed by atoms with van der Waals surface area (Å²) in [6.45, 7) is 3.76. The van der Waals surface area contributed by atoms with Gasteiger partial charge >= 0.3 is 0 Å². The van der Waals surface area contributed by atoms with Crippen molar-refractivity contribution >= 4 is 38.4 Å². The fourth-order valence-corrected chi connectivity index (χ4v) is 3.18. The molecule has 3 rings (SSSR count). The molecule has 0 atom stereocenters. The number of halogens is 1. The highest BCUT2D eigenvalue weighted by molar-refractivity contribution is 9.10. The third-order valence-corrected chi connectivity index (χ3v) is 4.44. The number of amides is 1. The van der Waals surface area contributed by atoms with Crippen molar-refractivity contribution in [3.8, 4) is 0 Å². The molecule has 2 N–H and O–H groups in total. The van der Waals surface area contributed by atoms with Crippen molar-refractivity contribution in [1.82, 2.24) is 4.98 Å². The van der Waals surface area contributed by atoms with Crippen LogP contribution in [0.25, 0.3) is 10.9 Å². The molecule has 0 fully saturated rings. The Kier molecular flexibility index (Phi) is 4.05. The lowest BCUT2D eigenvalue weighted by atomic mass is 10.0. The van der Waals surface area contributed by atoms with Crippen LogP contribution in [0.4, 0.5) is 5.69 Å². The van der Waals surface area contributed by atoms with Crippen molar-refractivity contribution in [2.24, 2.45) is 0 Å². The van der Waals surface area contributed by atoms with E-state index >= 15 is 0 Å². The number of carbonyl (C=O) groups excluding carboxylic acids is 1. The largest absolute Gasteiger partial charge is 0.321 e. The molecule has 0 radical (unpaired) electrons. The maximum atomic E-state index is 12.6. The van der Waals surface area contributed by atoms with Crippen molar-refractivity contribution in [3.63, 3.8) is 0 Å². The molecule has 23 heavy (non-hydrogen) atoms. The highest BCUT2D eigenvalue weighted by Gasteiger charge is 2.17. The molecule has 0 aliphatic rings. The van der Waals surface area contributed by atoms with E-state index in [1.807, 2.05) is 49.4 Å². The Balaban J connectivity index is 2.06. The molecule has 0 saturated carbocycles. The minimum atomic E-state index is -0.418. The van der Waals surface area contributed by atoms with Gasteiger partial charge in [0.1, 0.15) is 5.56 Å². The van der Waals surface area contributed by atoms with Gasteiger partial charge in [-0.05, 0) is 59.1 Å². The van der Waals surface area contributed by atoms with Gasteiger partial charge < -0.3 is 10.3 Å². The first kappa shape index (κ1) is 15.5. The van der Waals surface area contributed by atoms with E-state index in [-0.39, 0.29) is 11.1 Å². The fourth-order valence-electron chi connectivity index (χ4n) is 2.59. The molecule has 0 bridgehead atoms. The average molecular weight is 371 g/mol. The van der Waals surface area contributed by atoms with Crippen LogP contribution in [0.1, 0.15) is 21.5 Å². The topological polar surface area (TPSA) is 62.0 Å². The standard InChI is InChI=1S/C18H15BrN2O2/c1-10-7-8-15(13(19)9-10)21-18(23)16-11(2)12-5-3-4-6-14(12)20-17(16)22/h3-9H,1-2H3,(H,20,22)(H,21,23). The van der Waals surface area contributed by atoms with Crippen LogP contribution in [-0.4, -0.2) is 10.9 Å². The van der Waals surface area contributed by atoms with E-state index < -0.39 is 5.91 Å². The highest BCUT2D eigenvalue weighted by atomic mass is 79.9. The Morgan fingerprint density at radius 1 is 1.13 bits per heavy atom. The number of fused-ring (bicyclic) bond motifs is 1. The van der Waals surface area contributed by atoms with Crippen LogP contribution in [0.15, 0.2) is 51.7 Å². The summed E-state index contributed by atoms with van der Waals surface area (Å²) in [7, 11) is 0. The van der Waals surface area contributed by atoms with E-state index in [9.17, 15) is 9.59 Å². The molecule has 0 saturated heterocycles. The second-order valence-electron chi connectivity index (χ2n) is 5.44. The zero-order chi connectivity index (χ0) is 16.6. The quantitative estimate of drug-likeness (QED) is 0.711. The molecule has 116 valence electrons. The maximum absolute atomic E-state index is 12.6. The van der Waals surface area contributed by atoms with Crippen LogP contribution in [0.3, 0.4) is 0 Å². The van der Waals surface area contributed by atoms with Gasteiger partial charge in [-0.1, -0.05) is 24.3 Å². The molecule has 0 aliphatic carbocycles. The lowest BCUT2D eigenvalue weighted by Gasteiger charge is -2.11. The average Bonchev–Trinajstić information content (AvgIpc) is 2.50. The van der Waals surface area contributed by atoms with Crippen LogP contribution in [0.2, 0.25) is 0 Å². The van der Waals surface area contributed by atoms with E-state index in [1.165, 1.54) is 0 Å². The summed E-state index contributed by atoms with van der Waals surface area (Å²) in [6, 6.07) is 13.1. The molecular weight excluding hydrogens is 356 g/mol. The number of hydrogen-bond donors (Lipinski definition) is 2. The van der Waals surface area contributed by atoms with Crippen molar-refractivity contribution in [2.45, 2.75) is 13.8 Å². The molecule has 0 spiro atoms. The highest BCUT2D eigenvalue weighted by Crippen LogP contribution is 2.24. The maximum Gasteiger partial charge on any atom is 0.261 e. The van der Waals surface area contributed by atoms with Crippen LogP contribution in [-0.2, 0) is 0 Å². The molecule has 2 aromatic carbocycles. The van der Waals surface area contributed by atoms with Crippen molar-refractivity contribution in [2.75, 3.05) is 5.32 Å². The molecule has 4 nitrogen and oxygen atoms in total. The summed E-state index contributed by atoms with van der Waals surface area (Å²) < 4.78 is 0.778. The number of hydrogen-bond acceptors (Lipinski definition) is 2. The van der Waals surface area contributed by atoms with Crippen molar-refractivity contribution < 1.29 is 4.79 Å². The lowest BCUT2D eigenvalue weighted by Crippen LogP contribution is -2.25. The predicted octanol–water partition coefficient (Wildman–Crippen LogP) is 4.16. The number of pyridine rings is 1. The third-order valence-electron chi connectivity index (χ3n) is 3.78. The molecule has 5 heteroatoms. The molecule has 1 amide bonds. The van der Waals surface area contributed by atoms with Gasteiger partial charge in [-0.15, -0.1) is 0 Å². The Bertz CT molecular complexity index is 976.